The van der Waals surface area contributed by atoms with E-state index in [4.69, 9.17) is 0 Å². The Morgan fingerprint density at radius 3 is 2.75 bits per heavy atom. The lowest BCUT2D eigenvalue weighted by atomic mass is 10.2. The smallest absolute Gasteiger partial charge is 0.291 e. The van der Waals surface area contributed by atoms with E-state index in [1.807, 2.05) is 0 Å². The average Bonchev–Trinajstić information content (AvgIpc) is 3.03. The lowest BCUT2D eigenvalue weighted by Crippen LogP contribution is -2.34. The molecule has 1 heterocycles. The molecular formula is C11H18N4O. The van der Waals surface area contributed by atoms with E-state index >= 15 is 0 Å². The van der Waals surface area contributed by atoms with Crippen molar-refractivity contribution in [2.75, 3.05) is 0 Å². The predicted octanol–water partition coefficient (Wildman–Crippen LogP) is 1.60. The molecule has 0 saturated heterocycles. The molecular weight excluding hydrogens is 204 g/mol. The molecule has 0 aromatic carbocycles. The maximum atomic E-state index is 11.8. The van der Waals surface area contributed by atoms with Crippen LogP contribution in [0.15, 0.2) is 0 Å². The fraction of sp³-hybridized carbons (Fsp3) is 0.727. The summed E-state index contributed by atoms with van der Waals surface area (Å²) in [5.41, 5.74) is 0. The molecule has 0 atom stereocenters. The summed E-state index contributed by atoms with van der Waals surface area (Å²) in [4.78, 5) is 16.0. The predicted molar refractivity (Wildman–Crippen MR) is 60.2 cm³/mol. The number of hydrogen-bond donors (Lipinski definition) is 2. The van der Waals surface area contributed by atoms with Crippen LogP contribution in [0.5, 0.6) is 0 Å². The van der Waals surface area contributed by atoms with Gasteiger partial charge in [0.15, 0.2) is 0 Å². The molecule has 0 unspecified atom stereocenters. The molecule has 1 saturated carbocycles. The minimum absolute atomic E-state index is 0.170. The lowest BCUT2D eigenvalue weighted by molar-refractivity contribution is 0.0924. The average molecular weight is 222 g/mol. The Bertz CT molecular complexity index is 366. The topological polar surface area (TPSA) is 70.7 Å². The molecule has 5 nitrogen and oxygen atoms in total. The molecule has 0 bridgehead atoms. The van der Waals surface area contributed by atoms with E-state index in [1.54, 1.807) is 0 Å². The second-order valence-electron chi connectivity index (χ2n) is 4.31. The third-order valence-electron chi connectivity index (χ3n) is 2.99. The van der Waals surface area contributed by atoms with Crippen molar-refractivity contribution in [3.63, 3.8) is 0 Å². The summed E-state index contributed by atoms with van der Waals surface area (Å²) in [5, 5.41) is 9.71. The van der Waals surface area contributed by atoms with Gasteiger partial charge in [-0.05, 0) is 25.7 Å². The molecule has 0 radical (unpaired) electrons. The molecule has 1 aliphatic rings. The monoisotopic (exact) mass is 222 g/mol. The van der Waals surface area contributed by atoms with Gasteiger partial charge in [0.1, 0.15) is 5.82 Å². The summed E-state index contributed by atoms with van der Waals surface area (Å²) in [6.07, 6.45) is 4.18. The van der Waals surface area contributed by atoms with Crippen molar-refractivity contribution in [2.24, 2.45) is 0 Å². The quantitative estimate of drug-likeness (QED) is 0.795. The van der Waals surface area contributed by atoms with Gasteiger partial charge < -0.3 is 5.32 Å². The molecule has 1 amide bonds. The second kappa shape index (κ2) is 4.63. The van der Waals surface area contributed by atoms with Gasteiger partial charge in [0.05, 0.1) is 0 Å². The van der Waals surface area contributed by atoms with E-state index in [2.05, 4.69) is 34.3 Å². The van der Waals surface area contributed by atoms with Crippen molar-refractivity contribution in [3.05, 3.63) is 11.6 Å². The van der Waals surface area contributed by atoms with Crippen molar-refractivity contribution in [3.8, 4) is 0 Å². The van der Waals surface area contributed by atoms with Gasteiger partial charge in [-0.2, -0.15) is 0 Å². The highest BCUT2D eigenvalue weighted by atomic mass is 16.2. The molecule has 2 N–H and O–H groups in total. The van der Waals surface area contributed by atoms with E-state index in [1.165, 1.54) is 0 Å². The van der Waals surface area contributed by atoms with Gasteiger partial charge in [0, 0.05) is 12.0 Å². The van der Waals surface area contributed by atoms with Crippen LogP contribution in [0.25, 0.3) is 0 Å². The number of aromatic amines is 1. The zero-order valence-corrected chi connectivity index (χ0v) is 9.79. The first-order valence-corrected chi connectivity index (χ1v) is 5.97. The van der Waals surface area contributed by atoms with Crippen LogP contribution in [0.3, 0.4) is 0 Å². The fourth-order valence-corrected chi connectivity index (χ4v) is 1.66. The minimum Gasteiger partial charge on any atom is -0.347 e. The van der Waals surface area contributed by atoms with Crippen LogP contribution in [0.1, 0.15) is 61.9 Å². The van der Waals surface area contributed by atoms with Crippen LogP contribution in [-0.4, -0.2) is 27.1 Å². The second-order valence-corrected chi connectivity index (χ2v) is 4.31. The Balaban J connectivity index is 1.96. The highest BCUT2D eigenvalue weighted by Crippen LogP contribution is 2.37. The van der Waals surface area contributed by atoms with E-state index in [0.717, 1.165) is 31.5 Å². The van der Waals surface area contributed by atoms with Crippen molar-refractivity contribution >= 4 is 5.91 Å². The Morgan fingerprint density at radius 2 is 2.19 bits per heavy atom. The number of rotatable bonds is 5. The van der Waals surface area contributed by atoms with Gasteiger partial charge in [-0.15, -0.1) is 5.10 Å². The minimum atomic E-state index is -0.170. The van der Waals surface area contributed by atoms with E-state index in [0.29, 0.717) is 5.92 Å². The summed E-state index contributed by atoms with van der Waals surface area (Å²) in [5.74, 6) is 1.46. The largest absolute Gasteiger partial charge is 0.347 e. The van der Waals surface area contributed by atoms with Gasteiger partial charge in [-0.1, -0.05) is 13.8 Å². The highest BCUT2D eigenvalue weighted by molar-refractivity contribution is 5.90. The highest BCUT2D eigenvalue weighted by Gasteiger charge is 2.28. The van der Waals surface area contributed by atoms with Crippen molar-refractivity contribution < 1.29 is 4.79 Å². The molecule has 0 aliphatic heterocycles. The fourth-order valence-electron chi connectivity index (χ4n) is 1.66. The van der Waals surface area contributed by atoms with Gasteiger partial charge >= 0.3 is 0 Å². The summed E-state index contributed by atoms with van der Waals surface area (Å²) >= 11 is 0. The number of aromatic nitrogens is 3. The van der Waals surface area contributed by atoms with E-state index < -0.39 is 0 Å². The number of H-pyrrole nitrogens is 1. The Kier molecular flexibility index (Phi) is 3.22. The SMILES string of the molecule is CCC(CC)NC(=O)c1n[nH]c(C2CC2)n1. The normalized spacial score (nSPS) is 15.4. The molecule has 1 fully saturated rings. The maximum Gasteiger partial charge on any atom is 0.291 e. The van der Waals surface area contributed by atoms with Crippen LogP contribution in [0.2, 0.25) is 0 Å². The molecule has 16 heavy (non-hydrogen) atoms. The Hall–Kier alpha value is -1.39. The van der Waals surface area contributed by atoms with Crippen LogP contribution < -0.4 is 5.32 Å². The number of carbonyl (C=O) groups is 1. The molecule has 1 aromatic rings. The van der Waals surface area contributed by atoms with Crippen molar-refractivity contribution in [1.82, 2.24) is 20.5 Å². The standard InChI is InChI=1S/C11H18N4O/c1-3-8(4-2)12-11(16)10-13-9(14-15-10)7-5-6-7/h7-8H,3-6H2,1-2H3,(H,12,16)(H,13,14,15). The molecule has 1 aliphatic carbocycles. The number of carbonyl (C=O) groups excluding carboxylic acids is 1. The van der Waals surface area contributed by atoms with Crippen LogP contribution in [-0.2, 0) is 0 Å². The van der Waals surface area contributed by atoms with Gasteiger partial charge in [-0.25, -0.2) is 4.98 Å². The van der Waals surface area contributed by atoms with E-state index in [9.17, 15) is 4.79 Å². The third-order valence-corrected chi connectivity index (χ3v) is 2.99. The van der Waals surface area contributed by atoms with Gasteiger partial charge in [0.2, 0.25) is 5.82 Å². The molecule has 5 heteroatoms. The first kappa shape index (κ1) is 11.1. The van der Waals surface area contributed by atoms with Crippen molar-refractivity contribution in [2.45, 2.75) is 51.5 Å². The van der Waals surface area contributed by atoms with Crippen LogP contribution >= 0.6 is 0 Å². The molecule has 0 spiro atoms. The van der Waals surface area contributed by atoms with Crippen LogP contribution in [0, 0.1) is 0 Å². The number of hydrogen-bond acceptors (Lipinski definition) is 3. The number of amides is 1. The first-order valence-electron chi connectivity index (χ1n) is 5.97. The zero-order valence-electron chi connectivity index (χ0n) is 9.79. The summed E-state index contributed by atoms with van der Waals surface area (Å²) in [7, 11) is 0. The first-order chi connectivity index (χ1) is 7.74. The zero-order chi connectivity index (χ0) is 11.5. The molecule has 2 rings (SSSR count). The van der Waals surface area contributed by atoms with Gasteiger partial charge in [-0.3, -0.25) is 9.89 Å². The third kappa shape index (κ3) is 2.40. The number of nitrogens with zero attached hydrogens (tertiary/aromatic N) is 2. The Labute approximate surface area is 95.0 Å². The summed E-state index contributed by atoms with van der Waals surface area (Å²) < 4.78 is 0. The van der Waals surface area contributed by atoms with Crippen molar-refractivity contribution in [1.29, 1.82) is 0 Å². The lowest BCUT2D eigenvalue weighted by Gasteiger charge is -2.12. The Morgan fingerprint density at radius 1 is 1.50 bits per heavy atom. The van der Waals surface area contributed by atoms with Crippen LogP contribution in [0.4, 0.5) is 0 Å². The summed E-state index contributed by atoms with van der Waals surface area (Å²) in [6.45, 7) is 4.12. The molecule has 88 valence electrons. The van der Waals surface area contributed by atoms with Gasteiger partial charge in [0.25, 0.3) is 5.91 Å². The molecule has 1 aromatic heterocycles. The number of nitrogens with one attached hydrogen (secondary N) is 2. The summed E-state index contributed by atoms with van der Waals surface area (Å²) in [6, 6.07) is 0.218. The van der Waals surface area contributed by atoms with E-state index in [-0.39, 0.29) is 17.8 Å². The maximum absolute atomic E-state index is 11.8.